The number of hydrogen-bond acceptors (Lipinski definition) is 4. The Balaban J connectivity index is 1.69. The number of allylic oxidation sites excluding steroid dienone is 3. The third kappa shape index (κ3) is 3.68. The highest BCUT2D eigenvalue weighted by atomic mass is 19.1. The fraction of sp³-hybridized carbons (Fsp3) is 0.130. The number of rotatable bonds is 5. The smallest absolute Gasteiger partial charge is 0.322 e. The fourth-order valence-electron chi connectivity index (χ4n) is 3.50. The molecule has 158 valence electrons. The number of imide groups is 1. The van der Waals surface area contributed by atoms with Crippen molar-refractivity contribution in [2.45, 2.75) is 12.5 Å². The molecule has 0 bridgehead atoms. The van der Waals surface area contributed by atoms with E-state index in [0.717, 1.165) is 11.6 Å². The van der Waals surface area contributed by atoms with Crippen LogP contribution in [0.25, 0.3) is 0 Å². The molecule has 1 saturated heterocycles. The molecule has 2 N–H and O–H groups in total. The Bertz CT molecular complexity index is 1160. The van der Waals surface area contributed by atoms with Gasteiger partial charge in [0, 0.05) is 11.9 Å². The molecule has 2 aromatic rings. The molecular weight excluding hydrogens is 404 g/mol. The second-order valence-corrected chi connectivity index (χ2v) is 7.26. The fourth-order valence-corrected chi connectivity index (χ4v) is 3.50. The summed E-state index contributed by atoms with van der Waals surface area (Å²) in [4.78, 5) is 26.5. The van der Waals surface area contributed by atoms with Crippen LogP contribution < -0.4 is 15.4 Å². The van der Waals surface area contributed by atoms with Crippen LogP contribution in [0.1, 0.15) is 12.5 Å². The van der Waals surface area contributed by atoms with Crippen LogP contribution in [0.15, 0.2) is 78.7 Å². The highest BCUT2D eigenvalue weighted by molar-refractivity contribution is 6.07. The predicted octanol–water partition coefficient (Wildman–Crippen LogP) is 4.08. The number of para-hydroxylation sites is 1. The summed E-state index contributed by atoms with van der Waals surface area (Å²) in [6.07, 6.45) is 5.38. The first kappa shape index (κ1) is 20.3. The second-order valence-electron chi connectivity index (χ2n) is 7.26. The number of hydrogen-bond donors (Lipinski definition) is 2. The number of nitrogens with one attached hydrogen (secondary N) is 2. The highest BCUT2D eigenvalue weighted by Crippen LogP contribution is 2.34. The molecular formula is C23H19F2N3O3. The average molecular weight is 423 g/mol. The van der Waals surface area contributed by atoms with Crippen molar-refractivity contribution in [2.75, 3.05) is 6.54 Å². The van der Waals surface area contributed by atoms with E-state index in [4.69, 9.17) is 4.74 Å². The summed E-state index contributed by atoms with van der Waals surface area (Å²) in [5, 5.41) is 4.83. The summed E-state index contributed by atoms with van der Waals surface area (Å²) in [5.41, 5.74) is 0.194. The Morgan fingerprint density at radius 2 is 1.84 bits per heavy atom. The number of urea groups is 1. The summed E-state index contributed by atoms with van der Waals surface area (Å²) in [7, 11) is 0. The van der Waals surface area contributed by atoms with E-state index < -0.39 is 29.1 Å². The molecule has 8 heteroatoms. The van der Waals surface area contributed by atoms with E-state index in [1.807, 2.05) is 13.0 Å². The maximum atomic E-state index is 14.9. The van der Waals surface area contributed by atoms with Crippen LogP contribution >= 0.6 is 0 Å². The van der Waals surface area contributed by atoms with Gasteiger partial charge in [-0.2, -0.15) is 0 Å². The SMILES string of the molecule is C=C1C(C)=CC=CN1CC1(c2ccc(Oc3ccccc3F)c(F)c2)NC(=O)NC1=O. The number of nitrogens with zero attached hydrogens (tertiary/aromatic N) is 1. The van der Waals surface area contributed by atoms with Gasteiger partial charge >= 0.3 is 6.03 Å². The summed E-state index contributed by atoms with van der Waals surface area (Å²) < 4.78 is 34.1. The lowest BCUT2D eigenvalue weighted by molar-refractivity contribution is -0.124. The number of ether oxygens (including phenoxy) is 1. The zero-order valence-corrected chi connectivity index (χ0v) is 16.6. The van der Waals surface area contributed by atoms with Crippen molar-refractivity contribution in [2.24, 2.45) is 0 Å². The molecule has 2 aliphatic heterocycles. The van der Waals surface area contributed by atoms with Gasteiger partial charge in [0.2, 0.25) is 0 Å². The van der Waals surface area contributed by atoms with Gasteiger partial charge in [0.25, 0.3) is 5.91 Å². The molecule has 6 nitrogen and oxygen atoms in total. The van der Waals surface area contributed by atoms with Gasteiger partial charge < -0.3 is 15.0 Å². The van der Waals surface area contributed by atoms with Crippen LogP contribution in [0.5, 0.6) is 11.5 Å². The standard InChI is InChI=1S/C23H19F2N3O3/c1-14-6-5-11-28(15(14)2)13-23(21(29)26-22(30)27-23)16-9-10-20(18(25)12-16)31-19-8-4-3-7-17(19)24/h3-12H,2,13H2,1H3,(H2,26,27,29,30). The Morgan fingerprint density at radius 1 is 1.10 bits per heavy atom. The number of amides is 3. The van der Waals surface area contributed by atoms with E-state index in [0.29, 0.717) is 5.70 Å². The largest absolute Gasteiger partial charge is 0.451 e. The Hall–Kier alpha value is -3.94. The first-order valence-corrected chi connectivity index (χ1v) is 9.47. The first-order valence-electron chi connectivity index (χ1n) is 9.47. The zero-order valence-electron chi connectivity index (χ0n) is 16.6. The van der Waals surface area contributed by atoms with Crippen LogP contribution in [-0.2, 0) is 10.3 Å². The minimum Gasteiger partial charge on any atom is -0.451 e. The van der Waals surface area contributed by atoms with Crippen molar-refractivity contribution >= 4 is 11.9 Å². The second kappa shape index (κ2) is 7.71. The molecule has 3 amide bonds. The molecule has 0 aromatic heterocycles. The van der Waals surface area contributed by atoms with Crippen molar-refractivity contribution in [3.8, 4) is 11.5 Å². The molecule has 1 atom stereocenters. The normalized spacial score (nSPS) is 20.4. The quantitative estimate of drug-likeness (QED) is 0.711. The van der Waals surface area contributed by atoms with E-state index in [2.05, 4.69) is 17.2 Å². The van der Waals surface area contributed by atoms with Gasteiger partial charge in [-0.15, -0.1) is 0 Å². The number of benzene rings is 2. The molecule has 0 spiro atoms. The van der Waals surface area contributed by atoms with Crippen molar-refractivity contribution in [3.05, 3.63) is 95.9 Å². The molecule has 2 heterocycles. The van der Waals surface area contributed by atoms with Crippen LogP contribution in [0, 0.1) is 11.6 Å². The lowest BCUT2D eigenvalue weighted by Gasteiger charge is -2.35. The van der Waals surface area contributed by atoms with Gasteiger partial charge in [0.15, 0.2) is 28.7 Å². The van der Waals surface area contributed by atoms with Gasteiger partial charge in [0.1, 0.15) is 0 Å². The van der Waals surface area contributed by atoms with E-state index >= 15 is 0 Å². The van der Waals surface area contributed by atoms with Gasteiger partial charge in [-0.25, -0.2) is 13.6 Å². The molecule has 2 aromatic carbocycles. The lowest BCUT2D eigenvalue weighted by atomic mass is 9.88. The summed E-state index contributed by atoms with van der Waals surface area (Å²) in [6.45, 7) is 5.87. The van der Waals surface area contributed by atoms with Crippen molar-refractivity contribution in [1.82, 2.24) is 15.5 Å². The highest BCUT2D eigenvalue weighted by Gasteiger charge is 2.49. The molecule has 1 unspecified atom stereocenters. The van der Waals surface area contributed by atoms with Gasteiger partial charge in [0.05, 0.1) is 6.54 Å². The predicted molar refractivity (Wildman–Crippen MR) is 110 cm³/mol. The van der Waals surface area contributed by atoms with Crippen LogP contribution in [0.4, 0.5) is 13.6 Å². The maximum absolute atomic E-state index is 14.9. The minimum atomic E-state index is -1.56. The monoisotopic (exact) mass is 423 g/mol. The van der Waals surface area contributed by atoms with E-state index in [-0.39, 0.29) is 23.6 Å². The lowest BCUT2D eigenvalue weighted by Crippen LogP contribution is -2.51. The minimum absolute atomic E-state index is 0.00194. The van der Waals surface area contributed by atoms with Crippen molar-refractivity contribution in [3.63, 3.8) is 0 Å². The summed E-state index contributed by atoms with van der Waals surface area (Å²) in [6, 6.07) is 8.80. The van der Waals surface area contributed by atoms with Crippen LogP contribution in [0.2, 0.25) is 0 Å². The number of carbonyl (C=O) groups is 2. The molecule has 0 saturated carbocycles. The molecule has 0 aliphatic carbocycles. The van der Waals surface area contributed by atoms with Gasteiger partial charge in [-0.1, -0.05) is 30.9 Å². The Labute approximate surface area is 177 Å². The Kier molecular flexibility index (Phi) is 5.06. The zero-order chi connectivity index (χ0) is 22.2. The van der Waals surface area contributed by atoms with Gasteiger partial charge in [-0.3, -0.25) is 10.1 Å². The summed E-state index contributed by atoms with van der Waals surface area (Å²) >= 11 is 0. The van der Waals surface area contributed by atoms with Crippen molar-refractivity contribution < 1.29 is 23.1 Å². The van der Waals surface area contributed by atoms with Crippen LogP contribution in [-0.4, -0.2) is 23.4 Å². The molecule has 31 heavy (non-hydrogen) atoms. The van der Waals surface area contributed by atoms with E-state index in [1.165, 1.54) is 30.3 Å². The Morgan fingerprint density at radius 3 is 2.52 bits per heavy atom. The molecule has 2 aliphatic rings. The molecule has 4 rings (SSSR count). The van der Waals surface area contributed by atoms with E-state index in [9.17, 15) is 18.4 Å². The number of carbonyl (C=O) groups excluding carboxylic acids is 2. The van der Waals surface area contributed by atoms with E-state index in [1.54, 1.807) is 23.2 Å². The molecule has 1 fully saturated rings. The molecule has 0 radical (unpaired) electrons. The third-order valence-electron chi connectivity index (χ3n) is 5.24. The topological polar surface area (TPSA) is 70.7 Å². The number of halogens is 2. The first-order chi connectivity index (χ1) is 14.8. The average Bonchev–Trinajstić information content (AvgIpc) is 3.02. The third-order valence-corrected chi connectivity index (χ3v) is 5.24. The van der Waals surface area contributed by atoms with Crippen molar-refractivity contribution in [1.29, 1.82) is 0 Å². The summed E-state index contributed by atoms with van der Waals surface area (Å²) in [5.74, 6) is -2.41. The maximum Gasteiger partial charge on any atom is 0.322 e. The van der Waals surface area contributed by atoms with Gasteiger partial charge in [-0.05, 0) is 48.4 Å². The van der Waals surface area contributed by atoms with Crippen LogP contribution in [0.3, 0.4) is 0 Å².